The zero-order valence-electron chi connectivity index (χ0n) is 18.2. The number of hydrogen-bond acceptors (Lipinski definition) is 4. The Hall–Kier alpha value is -3.09. The molecule has 2 aliphatic rings. The van der Waals surface area contributed by atoms with E-state index in [4.69, 9.17) is 19.5 Å². The fraction of sp³-hybridized carbons (Fsp3) is 0.154. The maximum absolute atomic E-state index is 12.9. The van der Waals surface area contributed by atoms with E-state index in [-0.39, 0.29) is 0 Å². The molecular formula is C26H24O4SiTi. The van der Waals surface area contributed by atoms with E-state index in [1.54, 1.807) is 10.5 Å². The molecule has 0 aromatic heterocycles. The predicted octanol–water partition coefficient (Wildman–Crippen LogP) is 3.32. The van der Waals surface area contributed by atoms with Gasteiger partial charge in [0.05, 0.1) is 0 Å². The van der Waals surface area contributed by atoms with Gasteiger partial charge in [-0.3, -0.25) is 0 Å². The van der Waals surface area contributed by atoms with Crippen LogP contribution in [-0.4, -0.2) is 19.6 Å². The van der Waals surface area contributed by atoms with Crippen molar-refractivity contribution in [1.29, 1.82) is 0 Å². The van der Waals surface area contributed by atoms with E-state index >= 15 is 0 Å². The average Bonchev–Trinajstić information content (AvgIpc) is 3.42. The second kappa shape index (κ2) is 6.03. The Balaban J connectivity index is 2.21. The van der Waals surface area contributed by atoms with Crippen molar-refractivity contribution in [3.8, 4) is 35.8 Å². The molecule has 0 unspecified atom stereocenters. The van der Waals surface area contributed by atoms with Crippen LogP contribution in [0.25, 0.3) is 11.1 Å². The number of hydrogen-bond donors (Lipinski definition) is 0. The summed E-state index contributed by atoms with van der Waals surface area (Å²) in [5.74, 6) is 2.33. The van der Waals surface area contributed by atoms with Crippen molar-refractivity contribution in [2.45, 2.75) is 23.3 Å². The van der Waals surface area contributed by atoms with Crippen molar-refractivity contribution in [2.24, 2.45) is 0 Å². The first-order valence-corrected chi connectivity index (χ1v) is 20.4. The van der Waals surface area contributed by atoms with Crippen molar-refractivity contribution in [3.63, 3.8) is 0 Å². The number of carbonyl (C=O) groups is 2. The topological polar surface area (TPSA) is 52.6 Å². The van der Waals surface area contributed by atoms with Crippen LogP contribution in [0.4, 0.5) is 0 Å². The number of allylic oxidation sites excluding steroid dienone is 4. The van der Waals surface area contributed by atoms with E-state index in [0.717, 1.165) is 22.3 Å². The third-order valence-electron chi connectivity index (χ3n) is 7.26. The van der Waals surface area contributed by atoms with E-state index in [9.17, 15) is 9.59 Å². The minimum atomic E-state index is -6.49. The van der Waals surface area contributed by atoms with E-state index in [2.05, 4.69) is 24.0 Å². The molecule has 0 aliphatic heterocycles. The second-order valence-corrected chi connectivity index (χ2v) is 37.3. The van der Waals surface area contributed by atoms with Gasteiger partial charge in [-0.1, -0.05) is 0 Å². The van der Waals surface area contributed by atoms with Crippen molar-refractivity contribution in [2.75, 3.05) is 0 Å². The number of rotatable bonds is 4. The van der Waals surface area contributed by atoms with Crippen LogP contribution in [-0.2, 0) is 34.9 Å². The Labute approximate surface area is 186 Å². The van der Waals surface area contributed by atoms with Crippen molar-refractivity contribution >= 4 is 23.4 Å². The fourth-order valence-electron chi connectivity index (χ4n) is 5.55. The molecule has 160 valence electrons. The molecule has 0 saturated heterocycles. The molecule has 0 radical (unpaired) electrons. The van der Waals surface area contributed by atoms with Gasteiger partial charge in [0, 0.05) is 0 Å². The third-order valence-corrected chi connectivity index (χ3v) is 23.8. The summed E-state index contributed by atoms with van der Waals surface area (Å²) in [4.78, 5) is 25.7. The van der Waals surface area contributed by atoms with E-state index in [1.165, 1.54) is 7.63 Å². The van der Waals surface area contributed by atoms with Crippen LogP contribution >= 0.6 is 0 Å². The summed E-state index contributed by atoms with van der Waals surface area (Å²) in [5, 5.41) is 3.55. The molecule has 2 aliphatic carbocycles. The van der Waals surface area contributed by atoms with Crippen LogP contribution in [0.2, 0.25) is 10.5 Å². The van der Waals surface area contributed by atoms with Gasteiger partial charge in [0.15, 0.2) is 0 Å². The van der Waals surface area contributed by atoms with Crippen LogP contribution in [0.15, 0.2) is 64.6 Å². The Kier molecular flexibility index (Phi) is 4.17. The Morgan fingerprint density at radius 1 is 0.969 bits per heavy atom. The molecule has 0 amide bonds. The predicted molar refractivity (Wildman–Crippen MR) is 126 cm³/mol. The van der Waals surface area contributed by atoms with Gasteiger partial charge in [-0.15, -0.1) is 0 Å². The molecule has 0 spiro atoms. The van der Waals surface area contributed by atoms with Gasteiger partial charge in [-0.2, -0.15) is 0 Å². The first-order chi connectivity index (χ1) is 14.9. The van der Waals surface area contributed by atoms with Gasteiger partial charge in [0.1, 0.15) is 0 Å². The van der Waals surface area contributed by atoms with Crippen molar-refractivity contribution in [1.82, 2.24) is 0 Å². The molecule has 6 heteroatoms. The molecule has 0 fully saturated rings. The normalized spacial score (nSPS) is 17.1. The second-order valence-electron chi connectivity index (χ2n) is 10.3. The Bertz CT molecular complexity index is 1480. The van der Waals surface area contributed by atoms with Gasteiger partial charge >= 0.3 is 187 Å². The van der Waals surface area contributed by atoms with Gasteiger partial charge in [-0.25, -0.2) is 0 Å². The average molecular weight is 476 g/mol. The standard InChI is InChI=1S/C13H9.C5H5.2C3H2O2.2CH3.H2Si.Ti/c1-3-7-12-10(5-1)9-11-6-2-4-8-13(11)12;1-2-4-5-3-1;2*1-2-3(4)5;;;;/h1-5,7-8H,9H2;1-3H,4H2;2*1H,(H,4,5);2*1H3;1H2;/q;;;;;;;+2/p-2. The van der Waals surface area contributed by atoms with Gasteiger partial charge in [-0.05, 0) is 0 Å². The van der Waals surface area contributed by atoms with Crippen LogP contribution in [0.3, 0.4) is 0 Å². The van der Waals surface area contributed by atoms with Crippen molar-refractivity contribution in [3.05, 3.63) is 75.7 Å². The van der Waals surface area contributed by atoms with Gasteiger partial charge < -0.3 is 0 Å². The number of carbonyl (C=O) groups excluding carboxylic acids is 2. The number of fused-ring (bicyclic) bond motifs is 3. The molecule has 32 heavy (non-hydrogen) atoms. The molecule has 2 aromatic carbocycles. The summed E-state index contributed by atoms with van der Waals surface area (Å²) in [6.07, 6.45) is 17.6. The number of terminal acetylenes is 2. The summed E-state index contributed by atoms with van der Waals surface area (Å²) < 4.78 is 14.2. The summed E-state index contributed by atoms with van der Waals surface area (Å²) in [6.45, 7) is 0. The van der Waals surface area contributed by atoms with Crippen LogP contribution in [0.1, 0.15) is 17.5 Å². The molecule has 0 N–H and O–H groups in total. The molecule has 0 saturated carbocycles. The molecule has 2 aromatic rings. The number of benzene rings is 2. The maximum atomic E-state index is 12.9. The van der Waals surface area contributed by atoms with Crippen LogP contribution in [0, 0.1) is 24.7 Å². The molecule has 0 heterocycles. The summed E-state index contributed by atoms with van der Waals surface area (Å²) in [5.41, 5.74) is 4.21. The zero-order chi connectivity index (χ0) is 23.3. The molecule has 0 bridgehead atoms. The SMILES string of the molecule is C#CC(=O)[O][Ti]([CH3])([CH3])(=[SiH2])([O]C(=O)C#C)([C]1=CC=CC1)[c]1cccc2c1Cc1ccccc1-2. The van der Waals surface area contributed by atoms with E-state index in [1.807, 2.05) is 48.6 Å². The van der Waals surface area contributed by atoms with E-state index < -0.39 is 24.2 Å². The summed E-state index contributed by atoms with van der Waals surface area (Å²) >= 11 is -6.49. The third kappa shape index (κ3) is 2.76. The molecule has 4 nitrogen and oxygen atoms in total. The van der Waals surface area contributed by atoms with Crippen molar-refractivity contribution < 1.29 is 28.5 Å². The van der Waals surface area contributed by atoms with Gasteiger partial charge in [0.25, 0.3) is 0 Å². The molecule has 4 rings (SSSR count). The molecular weight excluding hydrogens is 452 g/mol. The minimum absolute atomic E-state index is 0.443. The first kappa shape index (κ1) is 22.1. The van der Waals surface area contributed by atoms with Crippen LogP contribution in [0.5, 0.6) is 0 Å². The zero-order valence-corrected chi connectivity index (χ0v) is 21.2. The van der Waals surface area contributed by atoms with Crippen LogP contribution < -0.4 is 3.87 Å². The first-order valence-electron chi connectivity index (χ1n) is 10.4. The Morgan fingerprint density at radius 3 is 2.19 bits per heavy atom. The monoisotopic (exact) mass is 476 g/mol. The summed E-state index contributed by atoms with van der Waals surface area (Å²) in [7, 11) is 1.45. The van der Waals surface area contributed by atoms with E-state index in [0.29, 0.717) is 20.6 Å². The van der Waals surface area contributed by atoms with Gasteiger partial charge in [0.2, 0.25) is 0 Å². The molecule has 0 atom stereocenters. The summed E-state index contributed by atoms with van der Waals surface area (Å²) in [6, 6.07) is 13.9. The Morgan fingerprint density at radius 2 is 1.59 bits per heavy atom. The fourth-order valence-corrected chi connectivity index (χ4v) is 19.1. The quantitative estimate of drug-likeness (QED) is 0.429.